The molecule has 1 aromatic carbocycles. The van der Waals surface area contributed by atoms with E-state index in [0.29, 0.717) is 0 Å². The van der Waals surface area contributed by atoms with Crippen LogP contribution in [-0.4, -0.2) is 17.9 Å². The Balaban J connectivity index is 2.30. The minimum Gasteiger partial charge on any atom is -0.338 e. The Morgan fingerprint density at radius 3 is 2.93 bits per heavy atom. The number of amides is 1. The number of rotatable bonds is 2. The van der Waals surface area contributed by atoms with E-state index in [4.69, 9.17) is 11.6 Å². The Morgan fingerprint density at radius 2 is 2.21 bits per heavy atom. The fourth-order valence-electron chi connectivity index (χ4n) is 1.99. The first-order chi connectivity index (χ1) is 6.83. The van der Waals surface area contributed by atoms with E-state index in [0.717, 1.165) is 36.4 Å². The molecule has 1 aliphatic heterocycles. The predicted octanol–water partition coefficient (Wildman–Crippen LogP) is 2.63. The van der Waals surface area contributed by atoms with E-state index in [2.05, 4.69) is 0 Å². The number of carbonyl (C=O) groups is 1. The number of benzene rings is 1. The summed E-state index contributed by atoms with van der Waals surface area (Å²) in [5.74, 6) is 0. The van der Waals surface area contributed by atoms with Gasteiger partial charge < -0.3 is 4.90 Å². The van der Waals surface area contributed by atoms with Gasteiger partial charge in [0.15, 0.2) is 0 Å². The molecule has 14 heavy (non-hydrogen) atoms. The topological polar surface area (TPSA) is 20.3 Å². The first-order valence-electron chi connectivity index (χ1n) is 4.78. The summed E-state index contributed by atoms with van der Waals surface area (Å²) in [6.07, 6.45) is 3.00. The molecule has 0 N–H and O–H groups in total. The van der Waals surface area contributed by atoms with Crippen LogP contribution in [0.3, 0.4) is 0 Å². The van der Waals surface area contributed by atoms with E-state index in [1.807, 2.05) is 29.2 Å². The normalized spacial score (nSPS) is 21.2. The summed E-state index contributed by atoms with van der Waals surface area (Å²) in [6.45, 7) is 0.847. The highest BCUT2D eigenvalue weighted by Crippen LogP contribution is 2.34. The smallest absolute Gasteiger partial charge is 0.210 e. The van der Waals surface area contributed by atoms with Gasteiger partial charge in [0.05, 0.1) is 6.04 Å². The van der Waals surface area contributed by atoms with Crippen LogP contribution in [0.4, 0.5) is 0 Å². The van der Waals surface area contributed by atoms with Gasteiger partial charge in [-0.2, -0.15) is 0 Å². The van der Waals surface area contributed by atoms with E-state index in [1.165, 1.54) is 0 Å². The van der Waals surface area contributed by atoms with Crippen molar-refractivity contribution in [2.45, 2.75) is 18.9 Å². The van der Waals surface area contributed by atoms with Crippen molar-refractivity contribution in [3.63, 3.8) is 0 Å². The van der Waals surface area contributed by atoms with Crippen LogP contribution in [-0.2, 0) is 4.79 Å². The molecular formula is C11H12ClNO. The van der Waals surface area contributed by atoms with Gasteiger partial charge in [-0.25, -0.2) is 0 Å². The zero-order chi connectivity index (χ0) is 9.97. The highest BCUT2D eigenvalue weighted by molar-refractivity contribution is 6.31. The molecule has 2 rings (SSSR count). The highest BCUT2D eigenvalue weighted by atomic mass is 35.5. The van der Waals surface area contributed by atoms with Gasteiger partial charge in [-0.3, -0.25) is 4.79 Å². The molecular weight excluding hydrogens is 198 g/mol. The lowest BCUT2D eigenvalue weighted by atomic mass is 10.1. The molecule has 0 saturated carbocycles. The van der Waals surface area contributed by atoms with Crippen LogP contribution >= 0.6 is 11.6 Å². The minimum absolute atomic E-state index is 0.182. The number of carbonyl (C=O) groups excluding carboxylic acids is 1. The van der Waals surface area contributed by atoms with Crippen LogP contribution in [0.15, 0.2) is 24.3 Å². The maximum Gasteiger partial charge on any atom is 0.210 e. The molecule has 1 fully saturated rings. The van der Waals surface area contributed by atoms with Gasteiger partial charge in [0.1, 0.15) is 0 Å². The maximum atomic E-state index is 10.8. The third-order valence-electron chi connectivity index (χ3n) is 2.69. The molecule has 0 aliphatic carbocycles. The highest BCUT2D eigenvalue weighted by Gasteiger charge is 2.25. The summed E-state index contributed by atoms with van der Waals surface area (Å²) >= 11 is 6.08. The van der Waals surface area contributed by atoms with Crippen molar-refractivity contribution in [1.82, 2.24) is 4.90 Å². The molecule has 1 unspecified atom stereocenters. The summed E-state index contributed by atoms with van der Waals surface area (Å²) < 4.78 is 0. The number of hydrogen-bond acceptors (Lipinski definition) is 1. The zero-order valence-corrected chi connectivity index (χ0v) is 8.57. The van der Waals surface area contributed by atoms with Crippen LogP contribution in [0.25, 0.3) is 0 Å². The van der Waals surface area contributed by atoms with Gasteiger partial charge in [-0.1, -0.05) is 29.8 Å². The number of nitrogens with zero attached hydrogens (tertiary/aromatic N) is 1. The van der Waals surface area contributed by atoms with Gasteiger partial charge in [0.25, 0.3) is 0 Å². The quantitative estimate of drug-likeness (QED) is 0.686. The van der Waals surface area contributed by atoms with Gasteiger partial charge in [0, 0.05) is 11.6 Å². The van der Waals surface area contributed by atoms with Crippen LogP contribution in [0.1, 0.15) is 24.4 Å². The molecule has 2 nitrogen and oxygen atoms in total. The first kappa shape index (κ1) is 9.53. The largest absolute Gasteiger partial charge is 0.338 e. The second-order valence-corrected chi connectivity index (χ2v) is 3.93. The molecule has 1 aliphatic rings. The summed E-state index contributed by atoms with van der Waals surface area (Å²) in [7, 11) is 0. The van der Waals surface area contributed by atoms with Crippen molar-refractivity contribution in [1.29, 1.82) is 0 Å². The lowest BCUT2D eigenvalue weighted by molar-refractivity contribution is -0.118. The summed E-state index contributed by atoms with van der Waals surface area (Å²) in [4.78, 5) is 12.6. The number of hydrogen-bond donors (Lipinski definition) is 0. The van der Waals surface area contributed by atoms with Crippen LogP contribution in [0.2, 0.25) is 5.02 Å². The molecule has 0 bridgehead atoms. The molecule has 1 amide bonds. The number of likely N-dealkylation sites (tertiary alicyclic amines) is 1. The Kier molecular flexibility index (Phi) is 2.73. The predicted molar refractivity (Wildman–Crippen MR) is 56.2 cm³/mol. The van der Waals surface area contributed by atoms with Gasteiger partial charge >= 0.3 is 0 Å². The Morgan fingerprint density at radius 1 is 1.43 bits per heavy atom. The Labute approximate surface area is 88.5 Å². The molecule has 1 heterocycles. The third-order valence-corrected chi connectivity index (χ3v) is 3.04. The van der Waals surface area contributed by atoms with E-state index < -0.39 is 0 Å². The van der Waals surface area contributed by atoms with E-state index >= 15 is 0 Å². The molecule has 74 valence electrons. The fourth-order valence-corrected chi connectivity index (χ4v) is 2.26. The lowest BCUT2D eigenvalue weighted by Crippen LogP contribution is -2.21. The molecule has 0 radical (unpaired) electrons. The van der Waals surface area contributed by atoms with E-state index in [1.54, 1.807) is 0 Å². The van der Waals surface area contributed by atoms with Crippen LogP contribution in [0, 0.1) is 0 Å². The van der Waals surface area contributed by atoms with E-state index in [9.17, 15) is 4.79 Å². The van der Waals surface area contributed by atoms with Crippen molar-refractivity contribution >= 4 is 18.0 Å². The van der Waals surface area contributed by atoms with E-state index in [-0.39, 0.29) is 6.04 Å². The van der Waals surface area contributed by atoms with Crippen molar-refractivity contribution < 1.29 is 4.79 Å². The zero-order valence-electron chi connectivity index (χ0n) is 7.82. The van der Waals surface area contributed by atoms with Gasteiger partial charge in [-0.15, -0.1) is 0 Å². The standard InChI is InChI=1S/C11H12ClNO/c12-10-5-2-1-4-9(10)11-6-3-7-13(11)8-14/h1-2,4-5,8,11H,3,6-7H2. The fraction of sp³-hybridized carbons (Fsp3) is 0.364. The van der Waals surface area contributed by atoms with Gasteiger partial charge in [-0.05, 0) is 24.5 Å². The average Bonchev–Trinajstić information content (AvgIpc) is 2.66. The lowest BCUT2D eigenvalue weighted by Gasteiger charge is -2.21. The SMILES string of the molecule is O=CN1CCCC1c1ccccc1Cl. The first-order valence-corrected chi connectivity index (χ1v) is 5.16. The molecule has 1 atom stereocenters. The van der Waals surface area contributed by atoms with Crippen LogP contribution < -0.4 is 0 Å². The monoisotopic (exact) mass is 209 g/mol. The summed E-state index contributed by atoms with van der Waals surface area (Å²) in [5.41, 5.74) is 1.07. The number of halogens is 1. The molecule has 0 spiro atoms. The second kappa shape index (κ2) is 4.01. The Bertz CT molecular complexity index is 340. The minimum atomic E-state index is 0.182. The second-order valence-electron chi connectivity index (χ2n) is 3.52. The summed E-state index contributed by atoms with van der Waals surface area (Å²) in [5, 5.41) is 0.756. The molecule has 3 heteroatoms. The van der Waals surface area contributed by atoms with Crippen molar-refractivity contribution in [3.8, 4) is 0 Å². The van der Waals surface area contributed by atoms with Crippen molar-refractivity contribution in [3.05, 3.63) is 34.9 Å². The average molecular weight is 210 g/mol. The maximum absolute atomic E-state index is 10.8. The van der Waals surface area contributed by atoms with Crippen LogP contribution in [0.5, 0.6) is 0 Å². The molecule has 0 aromatic heterocycles. The third kappa shape index (κ3) is 1.62. The summed E-state index contributed by atoms with van der Waals surface area (Å²) in [6, 6.07) is 7.92. The molecule has 1 saturated heterocycles. The van der Waals surface area contributed by atoms with Gasteiger partial charge in [0.2, 0.25) is 6.41 Å². The molecule has 1 aromatic rings. The van der Waals surface area contributed by atoms with Crippen molar-refractivity contribution in [2.24, 2.45) is 0 Å². The van der Waals surface area contributed by atoms with Crippen molar-refractivity contribution in [2.75, 3.05) is 6.54 Å². The Hall–Kier alpha value is -1.02.